The van der Waals surface area contributed by atoms with Gasteiger partial charge < -0.3 is 30.0 Å². The average Bonchev–Trinajstić information content (AvgIpc) is 2.42. The Morgan fingerprint density at radius 1 is 1.09 bits per heavy atom. The maximum Gasteiger partial charge on any atom is 0.407 e. The molecule has 22 heavy (non-hydrogen) atoms. The van der Waals surface area contributed by atoms with E-state index < -0.39 is 17.9 Å². The fourth-order valence-corrected chi connectivity index (χ4v) is 1.26. The number of rotatable bonds is 12. The zero-order valence-corrected chi connectivity index (χ0v) is 13.7. The van der Waals surface area contributed by atoms with Crippen molar-refractivity contribution in [2.24, 2.45) is 5.73 Å². The lowest BCUT2D eigenvalue weighted by Crippen LogP contribution is -2.34. The van der Waals surface area contributed by atoms with Crippen LogP contribution in [-0.4, -0.2) is 70.6 Å². The van der Waals surface area contributed by atoms with Gasteiger partial charge in [0, 0.05) is 13.1 Å². The Bertz CT molecular complexity index is 287. The molecule has 0 aliphatic rings. The van der Waals surface area contributed by atoms with E-state index in [9.17, 15) is 9.18 Å². The van der Waals surface area contributed by atoms with Crippen LogP contribution in [0.4, 0.5) is 9.18 Å². The van der Waals surface area contributed by atoms with Gasteiger partial charge in [0.2, 0.25) is 0 Å². The molecule has 1 unspecified atom stereocenters. The summed E-state index contributed by atoms with van der Waals surface area (Å²) in [5.74, 6) is 0. The molecule has 3 N–H and O–H groups in total. The number of amides is 1. The summed E-state index contributed by atoms with van der Waals surface area (Å²) in [6, 6.07) is 0. The first-order valence-corrected chi connectivity index (χ1v) is 7.39. The van der Waals surface area contributed by atoms with Crippen LogP contribution in [0.1, 0.15) is 20.8 Å². The molecule has 0 spiro atoms. The van der Waals surface area contributed by atoms with E-state index in [1.807, 2.05) is 0 Å². The van der Waals surface area contributed by atoms with Gasteiger partial charge in [0.25, 0.3) is 0 Å². The lowest BCUT2D eigenvalue weighted by Gasteiger charge is -2.19. The number of hydrogen-bond donors (Lipinski definition) is 2. The van der Waals surface area contributed by atoms with Crippen LogP contribution in [0.15, 0.2) is 0 Å². The fourth-order valence-electron chi connectivity index (χ4n) is 1.26. The number of hydrogen-bond acceptors (Lipinski definition) is 6. The van der Waals surface area contributed by atoms with Crippen molar-refractivity contribution in [1.82, 2.24) is 5.32 Å². The van der Waals surface area contributed by atoms with Crippen LogP contribution in [0.5, 0.6) is 0 Å². The number of carbonyl (C=O) groups is 1. The Morgan fingerprint density at radius 3 is 2.18 bits per heavy atom. The first-order valence-electron chi connectivity index (χ1n) is 7.39. The van der Waals surface area contributed by atoms with Crippen LogP contribution in [0.2, 0.25) is 0 Å². The molecule has 1 atom stereocenters. The van der Waals surface area contributed by atoms with Crippen molar-refractivity contribution >= 4 is 6.09 Å². The van der Waals surface area contributed by atoms with Crippen LogP contribution in [0, 0.1) is 0 Å². The van der Waals surface area contributed by atoms with Crippen LogP contribution in [0.3, 0.4) is 0 Å². The molecule has 0 fully saturated rings. The van der Waals surface area contributed by atoms with Gasteiger partial charge >= 0.3 is 6.09 Å². The second-order valence-electron chi connectivity index (χ2n) is 5.56. The lowest BCUT2D eigenvalue weighted by atomic mass is 10.2. The number of nitrogens with one attached hydrogen (secondary N) is 1. The van der Waals surface area contributed by atoms with Gasteiger partial charge in [-0.1, -0.05) is 0 Å². The van der Waals surface area contributed by atoms with Crippen LogP contribution in [0.25, 0.3) is 0 Å². The summed E-state index contributed by atoms with van der Waals surface area (Å²) in [4.78, 5) is 11.3. The van der Waals surface area contributed by atoms with Gasteiger partial charge in [0.1, 0.15) is 11.8 Å². The van der Waals surface area contributed by atoms with E-state index in [-0.39, 0.29) is 13.2 Å². The summed E-state index contributed by atoms with van der Waals surface area (Å²) in [5.41, 5.74) is 4.60. The predicted molar refractivity (Wildman–Crippen MR) is 80.6 cm³/mol. The summed E-state index contributed by atoms with van der Waals surface area (Å²) in [7, 11) is 0. The van der Waals surface area contributed by atoms with E-state index in [1.165, 1.54) is 0 Å². The highest BCUT2D eigenvalue weighted by Gasteiger charge is 2.15. The monoisotopic (exact) mass is 324 g/mol. The summed E-state index contributed by atoms with van der Waals surface area (Å²) in [6.45, 7) is 7.61. The minimum absolute atomic E-state index is 0.00725. The number of alkyl carbamates (subject to hydrolysis) is 1. The van der Waals surface area contributed by atoms with E-state index in [0.717, 1.165) is 0 Å². The fraction of sp³-hybridized carbons (Fsp3) is 0.929. The molecule has 0 aromatic rings. The quantitative estimate of drug-likeness (QED) is 0.517. The Balaban J connectivity index is 3.22. The zero-order chi connectivity index (χ0) is 16.8. The van der Waals surface area contributed by atoms with Gasteiger partial charge in [-0.05, 0) is 20.8 Å². The highest BCUT2D eigenvalue weighted by atomic mass is 19.1. The summed E-state index contributed by atoms with van der Waals surface area (Å²) in [6.07, 6.45) is -1.59. The average molecular weight is 324 g/mol. The van der Waals surface area contributed by atoms with Crippen molar-refractivity contribution in [3.63, 3.8) is 0 Å². The molecule has 0 aromatic heterocycles. The summed E-state index contributed by atoms with van der Waals surface area (Å²) in [5, 5.41) is 2.58. The van der Waals surface area contributed by atoms with Crippen molar-refractivity contribution in [3.05, 3.63) is 0 Å². The van der Waals surface area contributed by atoms with E-state index in [1.54, 1.807) is 20.8 Å². The van der Waals surface area contributed by atoms with Gasteiger partial charge in [0.05, 0.1) is 39.6 Å². The summed E-state index contributed by atoms with van der Waals surface area (Å²) < 4.78 is 33.3. The molecule has 0 radical (unpaired) electrons. The third-order valence-corrected chi connectivity index (χ3v) is 2.21. The Morgan fingerprint density at radius 2 is 1.64 bits per heavy atom. The second-order valence-corrected chi connectivity index (χ2v) is 5.56. The van der Waals surface area contributed by atoms with Crippen molar-refractivity contribution < 1.29 is 28.1 Å². The number of carbonyl (C=O) groups excluding carboxylic acids is 1. The molecule has 0 saturated carbocycles. The number of ether oxygens (including phenoxy) is 4. The lowest BCUT2D eigenvalue weighted by molar-refractivity contribution is 0.00443. The second kappa shape index (κ2) is 12.6. The van der Waals surface area contributed by atoms with Crippen molar-refractivity contribution in [2.45, 2.75) is 32.5 Å². The number of alkyl halides is 1. The highest BCUT2D eigenvalue weighted by molar-refractivity contribution is 5.67. The largest absolute Gasteiger partial charge is 0.444 e. The van der Waals surface area contributed by atoms with E-state index in [2.05, 4.69) is 5.32 Å². The number of halogens is 1. The van der Waals surface area contributed by atoms with Crippen molar-refractivity contribution in [3.8, 4) is 0 Å². The standard InChI is InChI=1S/C14H29FN2O5/c1-14(2,3)22-13(18)17-4-5-19-6-7-20-8-9-21-11-12(15)10-16/h12H,4-11,16H2,1-3H3,(H,17,18). The predicted octanol–water partition coefficient (Wildman–Crippen LogP) is 0.858. The third kappa shape index (κ3) is 15.4. The van der Waals surface area contributed by atoms with Gasteiger partial charge in [0.15, 0.2) is 0 Å². The molecule has 1 amide bonds. The van der Waals surface area contributed by atoms with Crippen LogP contribution in [-0.2, 0) is 18.9 Å². The maximum absolute atomic E-state index is 12.7. The molecule has 0 heterocycles. The first kappa shape index (κ1) is 21.0. The molecule has 0 bridgehead atoms. The Kier molecular flexibility index (Phi) is 12.0. The molecule has 0 aliphatic heterocycles. The minimum Gasteiger partial charge on any atom is -0.444 e. The smallest absolute Gasteiger partial charge is 0.407 e. The maximum atomic E-state index is 12.7. The molecule has 0 rings (SSSR count). The highest BCUT2D eigenvalue weighted by Crippen LogP contribution is 2.05. The molecule has 132 valence electrons. The van der Waals surface area contributed by atoms with Gasteiger partial charge in [-0.2, -0.15) is 0 Å². The first-order chi connectivity index (χ1) is 10.3. The normalized spacial score (nSPS) is 13.0. The molecule has 8 heteroatoms. The van der Waals surface area contributed by atoms with Crippen molar-refractivity contribution in [2.75, 3.05) is 52.7 Å². The minimum atomic E-state index is -1.12. The summed E-state index contributed by atoms with van der Waals surface area (Å²) >= 11 is 0. The number of nitrogens with two attached hydrogens (primary N) is 1. The molecular formula is C14H29FN2O5. The molecule has 7 nitrogen and oxygen atoms in total. The van der Waals surface area contributed by atoms with Crippen molar-refractivity contribution in [1.29, 1.82) is 0 Å². The van der Waals surface area contributed by atoms with Crippen LogP contribution < -0.4 is 11.1 Å². The zero-order valence-electron chi connectivity index (χ0n) is 13.7. The molecule has 0 aliphatic carbocycles. The van der Waals surface area contributed by atoms with E-state index in [0.29, 0.717) is 39.6 Å². The van der Waals surface area contributed by atoms with E-state index >= 15 is 0 Å². The Labute approximate surface area is 131 Å². The van der Waals surface area contributed by atoms with Gasteiger partial charge in [-0.15, -0.1) is 0 Å². The van der Waals surface area contributed by atoms with E-state index in [4.69, 9.17) is 24.7 Å². The molecule has 0 aromatic carbocycles. The molecular weight excluding hydrogens is 295 g/mol. The van der Waals surface area contributed by atoms with Gasteiger partial charge in [-0.25, -0.2) is 9.18 Å². The molecule has 0 saturated heterocycles. The van der Waals surface area contributed by atoms with Gasteiger partial charge in [-0.3, -0.25) is 0 Å². The van der Waals surface area contributed by atoms with Crippen LogP contribution >= 0.6 is 0 Å². The topological polar surface area (TPSA) is 92.0 Å². The Hall–Kier alpha value is -0.960. The third-order valence-electron chi connectivity index (χ3n) is 2.21. The SMILES string of the molecule is CC(C)(C)OC(=O)NCCOCCOCCOCC(F)CN.